The molecule has 0 aromatic heterocycles. The number of hydrogen-bond acceptors (Lipinski definition) is 2. The molecule has 0 spiro atoms. The molecule has 0 unspecified atom stereocenters. The summed E-state index contributed by atoms with van der Waals surface area (Å²) in [7, 11) is 0. The minimum Gasteiger partial charge on any atom is -0.290 e. The van der Waals surface area contributed by atoms with Crippen LogP contribution >= 0.6 is 22.6 Å². The second kappa shape index (κ2) is 5.11. The minimum absolute atomic E-state index is 0.301. The number of Topliss-reactive ketones (excluding diaryl/α,β-unsaturated/α-hetero) is 1. The highest BCUT2D eigenvalue weighted by Crippen LogP contribution is 2.04. The second-order valence-electron chi connectivity index (χ2n) is 2.68. The molecule has 0 bridgehead atoms. The van der Waals surface area contributed by atoms with Gasteiger partial charge in [0.2, 0.25) is 5.78 Å². The van der Waals surface area contributed by atoms with Crippen LogP contribution in [-0.4, -0.2) is 9.57 Å². The van der Waals surface area contributed by atoms with Crippen LogP contribution in [0.4, 0.5) is 0 Å². The quantitative estimate of drug-likeness (QED) is 0.483. The van der Waals surface area contributed by atoms with E-state index in [1.165, 1.54) is 22.6 Å². The van der Waals surface area contributed by atoms with Gasteiger partial charge in [-0.25, -0.2) is 0 Å². The fraction of sp³-hybridized carbons (Fsp3) is 0.200. The summed E-state index contributed by atoms with van der Waals surface area (Å²) in [6.07, 6.45) is 0.959. The number of halogens is 1. The standard InChI is InChI=1S/C10H9IO2/c11-10(13)9(12)7-6-8-4-2-1-3-5-8/h1-5H,6-7H2. The number of rotatable bonds is 4. The Bertz CT molecular complexity index is 306. The van der Waals surface area contributed by atoms with Gasteiger partial charge < -0.3 is 0 Å². The zero-order valence-corrected chi connectivity index (χ0v) is 9.15. The Morgan fingerprint density at radius 3 is 2.31 bits per heavy atom. The highest BCUT2D eigenvalue weighted by Gasteiger charge is 2.08. The summed E-state index contributed by atoms with van der Waals surface area (Å²) in [5.41, 5.74) is 1.09. The molecule has 1 aromatic carbocycles. The molecule has 1 rings (SSSR count). The highest BCUT2D eigenvalue weighted by molar-refractivity contribution is 14.1. The molecule has 0 fully saturated rings. The van der Waals surface area contributed by atoms with E-state index >= 15 is 0 Å². The molecule has 1 aromatic rings. The van der Waals surface area contributed by atoms with Crippen LogP contribution in [0.25, 0.3) is 0 Å². The number of ketones is 1. The van der Waals surface area contributed by atoms with Crippen LogP contribution < -0.4 is 0 Å². The smallest absolute Gasteiger partial charge is 0.257 e. The Hall–Kier alpha value is -0.710. The lowest BCUT2D eigenvalue weighted by Crippen LogP contribution is -2.07. The van der Waals surface area contributed by atoms with Crippen molar-refractivity contribution in [3.8, 4) is 0 Å². The minimum atomic E-state index is -0.381. The molecule has 0 aliphatic rings. The van der Waals surface area contributed by atoms with Gasteiger partial charge in [0.25, 0.3) is 3.79 Å². The van der Waals surface area contributed by atoms with Crippen LogP contribution in [0.2, 0.25) is 0 Å². The molecule has 0 saturated heterocycles. The third kappa shape index (κ3) is 3.67. The van der Waals surface area contributed by atoms with Gasteiger partial charge in [0, 0.05) is 29.0 Å². The molecule has 0 N–H and O–H groups in total. The fourth-order valence-corrected chi connectivity index (χ4v) is 1.27. The van der Waals surface area contributed by atoms with Crippen molar-refractivity contribution in [2.45, 2.75) is 12.8 Å². The first-order valence-corrected chi connectivity index (χ1v) is 5.04. The average Bonchev–Trinajstić information content (AvgIpc) is 2.15. The molecule has 2 nitrogen and oxygen atoms in total. The van der Waals surface area contributed by atoms with Crippen molar-refractivity contribution in [1.82, 2.24) is 0 Å². The normalized spacial score (nSPS) is 9.62. The van der Waals surface area contributed by atoms with E-state index in [4.69, 9.17) is 0 Å². The van der Waals surface area contributed by atoms with Crippen molar-refractivity contribution < 1.29 is 9.59 Å². The Labute approximate surface area is 90.5 Å². The van der Waals surface area contributed by atoms with Crippen molar-refractivity contribution in [2.24, 2.45) is 0 Å². The SMILES string of the molecule is O=C(I)C(=O)CCc1ccccc1. The van der Waals surface area contributed by atoms with E-state index in [1.807, 2.05) is 30.3 Å². The maximum absolute atomic E-state index is 11.0. The van der Waals surface area contributed by atoms with Crippen molar-refractivity contribution in [1.29, 1.82) is 0 Å². The molecule has 0 radical (unpaired) electrons. The molecule has 0 aliphatic heterocycles. The van der Waals surface area contributed by atoms with Crippen LogP contribution in [0.5, 0.6) is 0 Å². The zero-order chi connectivity index (χ0) is 9.68. The monoisotopic (exact) mass is 288 g/mol. The summed E-state index contributed by atoms with van der Waals surface area (Å²) in [6.45, 7) is 0. The number of carbonyl (C=O) groups excluding carboxylic acids is 2. The van der Waals surface area contributed by atoms with Crippen LogP contribution in [0.3, 0.4) is 0 Å². The maximum atomic E-state index is 11.0. The third-order valence-corrected chi connectivity index (χ3v) is 2.30. The van der Waals surface area contributed by atoms with Crippen molar-refractivity contribution in [2.75, 3.05) is 0 Å². The summed E-state index contributed by atoms with van der Waals surface area (Å²) in [4.78, 5) is 21.6. The second-order valence-corrected chi connectivity index (χ2v) is 3.66. The van der Waals surface area contributed by atoms with E-state index in [9.17, 15) is 9.59 Å². The maximum Gasteiger partial charge on any atom is 0.257 e. The van der Waals surface area contributed by atoms with Gasteiger partial charge in [0.05, 0.1) is 0 Å². The van der Waals surface area contributed by atoms with E-state index in [2.05, 4.69) is 0 Å². The lowest BCUT2D eigenvalue weighted by molar-refractivity contribution is -0.130. The first-order chi connectivity index (χ1) is 6.20. The lowest BCUT2D eigenvalue weighted by Gasteiger charge is -1.97. The van der Waals surface area contributed by atoms with Crippen molar-refractivity contribution in [3.63, 3.8) is 0 Å². The van der Waals surface area contributed by atoms with Crippen LogP contribution in [-0.2, 0) is 16.0 Å². The molecule has 0 aliphatic carbocycles. The van der Waals surface area contributed by atoms with Gasteiger partial charge in [-0.3, -0.25) is 9.59 Å². The van der Waals surface area contributed by atoms with E-state index in [0.29, 0.717) is 12.8 Å². The Balaban J connectivity index is 2.44. The molecule has 0 saturated carbocycles. The van der Waals surface area contributed by atoms with Crippen LogP contribution in [0.1, 0.15) is 12.0 Å². The van der Waals surface area contributed by atoms with E-state index in [1.54, 1.807) is 0 Å². The first-order valence-electron chi connectivity index (χ1n) is 3.97. The Morgan fingerprint density at radius 1 is 1.15 bits per heavy atom. The summed E-state index contributed by atoms with van der Waals surface area (Å²) in [5, 5.41) is 0. The molecule has 68 valence electrons. The number of carbonyl (C=O) groups is 2. The summed E-state index contributed by atoms with van der Waals surface area (Å²) >= 11 is 1.52. The van der Waals surface area contributed by atoms with E-state index in [0.717, 1.165) is 5.56 Å². The molecule has 0 amide bonds. The Morgan fingerprint density at radius 2 is 1.77 bits per heavy atom. The summed E-state index contributed by atoms with van der Waals surface area (Å²) < 4.78 is -0.381. The van der Waals surface area contributed by atoms with Crippen LogP contribution in [0, 0.1) is 0 Å². The molecule has 3 heteroatoms. The number of hydrogen-bond donors (Lipinski definition) is 0. The van der Waals surface area contributed by atoms with Gasteiger partial charge in [-0.2, -0.15) is 0 Å². The van der Waals surface area contributed by atoms with E-state index in [-0.39, 0.29) is 9.57 Å². The van der Waals surface area contributed by atoms with Crippen LogP contribution in [0.15, 0.2) is 30.3 Å². The van der Waals surface area contributed by atoms with Gasteiger partial charge in [-0.15, -0.1) is 0 Å². The van der Waals surface area contributed by atoms with Crippen molar-refractivity contribution in [3.05, 3.63) is 35.9 Å². The number of aryl methyl sites for hydroxylation is 1. The summed E-state index contributed by atoms with van der Waals surface area (Å²) in [6, 6.07) is 9.67. The Kier molecular flexibility index (Phi) is 4.08. The third-order valence-electron chi connectivity index (χ3n) is 1.70. The first kappa shape index (κ1) is 10.4. The average molecular weight is 288 g/mol. The van der Waals surface area contributed by atoms with Crippen molar-refractivity contribution >= 4 is 32.2 Å². The largest absolute Gasteiger partial charge is 0.290 e. The molecule has 0 atom stereocenters. The summed E-state index contributed by atoms with van der Waals surface area (Å²) in [5.74, 6) is -0.301. The van der Waals surface area contributed by atoms with E-state index < -0.39 is 0 Å². The highest BCUT2D eigenvalue weighted by atomic mass is 127. The fourth-order valence-electron chi connectivity index (χ4n) is 1.00. The topological polar surface area (TPSA) is 34.1 Å². The van der Waals surface area contributed by atoms with Gasteiger partial charge in [-0.1, -0.05) is 30.3 Å². The molecule has 13 heavy (non-hydrogen) atoms. The lowest BCUT2D eigenvalue weighted by atomic mass is 10.1. The van der Waals surface area contributed by atoms with Gasteiger partial charge in [-0.05, 0) is 12.0 Å². The number of benzene rings is 1. The predicted molar refractivity (Wildman–Crippen MR) is 58.8 cm³/mol. The van der Waals surface area contributed by atoms with Gasteiger partial charge in [0.15, 0.2) is 0 Å². The molecular formula is C10H9IO2. The predicted octanol–water partition coefficient (Wildman–Crippen LogP) is 2.15. The molecular weight excluding hydrogens is 279 g/mol. The van der Waals surface area contributed by atoms with Gasteiger partial charge in [0.1, 0.15) is 0 Å². The van der Waals surface area contributed by atoms with Gasteiger partial charge >= 0.3 is 0 Å². The molecule has 0 heterocycles. The zero-order valence-electron chi connectivity index (χ0n) is 7.00.